The largest absolute Gasteiger partial charge is 0.459 e. The molecule has 10 nitrogen and oxygen atoms in total. The number of hydrogen-bond acceptors (Lipinski definition) is 7. The van der Waals surface area contributed by atoms with Crippen LogP contribution in [0.5, 0.6) is 0 Å². The third-order valence-corrected chi connectivity index (χ3v) is 7.30. The average Bonchev–Trinajstić information content (AvgIpc) is 3.63. The van der Waals surface area contributed by atoms with Crippen LogP contribution in [0.25, 0.3) is 22.4 Å². The van der Waals surface area contributed by atoms with Gasteiger partial charge in [0.05, 0.1) is 28.6 Å². The summed E-state index contributed by atoms with van der Waals surface area (Å²) in [6.07, 6.45) is 1.47. The Bertz CT molecular complexity index is 1650. The lowest BCUT2D eigenvalue weighted by Gasteiger charge is -2.34. The van der Waals surface area contributed by atoms with Crippen LogP contribution in [0, 0.1) is 0 Å². The molecule has 2 aromatic carbocycles. The summed E-state index contributed by atoms with van der Waals surface area (Å²) in [7, 11) is 0. The minimum Gasteiger partial charge on any atom is -0.459 e. The number of para-hydroxylation sites is 2. The lowest BCUT2D eigenvalue weighted by Crippen LogP contribution is -2.51. The van der Waals surface area contributed by atoms with Crippen molar-refractivity contribution in [1.29, 1.82) is 0 Å². The molecule has 2 amide bonds. The number of carbonyl (C=O) groups is 2. The summed E-state index contributed by atoms with van der Waals surface area (Å²) in [6, 6.07) is 19.9. The fraction of sp³-hybridized carbons (Fsp3) is 0.192. The van der Waals surface area contributed by atoms with Crippen molar-refractivity contribution in [3.63, 3.8) is 0 Å². The van der Waals surface area contributed by atoms with Crippen molar-refractivity contribution in [1.82, 2.24) is 29.0 Å². The third-order valence-electron chi connectivity index (χ3n) is 6.39. The normalized spacial score (nSPS) is 13.9. The Morgan fingerprint density at radius 1 is 0.865 bits per heavy atom. The predicted molar refractivity (Wildman–Crippen MR) is 138 cm³/mol. The Labute approximate surface area is 215 Å². The third kappa shape index (κ3) is 4.16. The van der Waals surface area contributed by atoms with Gasteiger partial charge in [-0.3, -0.25) is 18.8 Å². The van der Waals surface area contributed by atoms with Gasteiger partial charge in [0.1, 0.15) is 0 Å². The summed E-state index contributed by atoms with van der Waals surface area (Å²) in [5.74, 6) is 0.626. The molecule has 0 radical (unpaired) electrons. The number of amides is 2. The Morgan fingerprint density at radius 3 is 2.35 bits per heavy atom. The van der Waals surface area contributed by atoms with E-state index in [0.717, 1.165) is 0 Å². The van der Waals surface area contributed by atoms with Gasteiger partial charge in [0.25, 0.3) is 11.5 Å². The lowest BCUT2D eigenvalue weighted by molar-refractivity contribution is -0.129. The quantitative estimate of drug-likeness (QED) is 0.332. The number of fused-ring (bicyclic) bond motifs is 3. The van der Waals surface area contributed by atoms with Gasteiger partial charge in [-0.1, -0.05) is 42.1 Å². The number of benzene rings is 2. The Balaban J connectivity index is 1.23. The molecule has 0 aliphatic carbocycles. The number of furan rings is 1. The van der Waals surface area contributed by atoms with Crippen LogP contribution in [-0.2, 0) is 4.79 Å². The van der Waals surface area contributed by atoms with E-state index in [9.17, 15) is 14.4 Å². The second kappa shape index (κ2) is 9.58. The van der Waals surface area contributed by atoms with Crippen molar-refractivity contribution in [2.75, 3.05) is 31.9 Å². The standard InChI is InChI=1S/C26H22N6O4S/c33-22(29-12-14-30(15-13-29)24(35)21-11-6-16-36-21)17-37-26-28-27-25-31(18-7-2-1-3-8-18)23(34)19-9-4-5-10-20(19)32(25)26/h1-11,16H,12-15,17H2. The molecule has 3 aromatic heterocycles. The van der Waals surface area contributed by atoms with Gasteiger partial charge in [0.2, 0.25) is 11.7 Å². The first-order valence-electron chi connectivity index (χ1n) is 11.8. The van der Waals surface area contributed by atoms with E-state index in [1.165, 1.54) is 22.6 Å². The summed E-state index contributed by atoms with van der Waals surface area (Å²) in [5, 5.41) is 9.72. The van der Waals surface area contributed by atoms with Crippen LogP contribution in [0.4, 0.5) is 0 Å². The van der Waals surface area contributed by atoms with Crippen LogP contribution in [0.15, 0.2) is 87.4 Å². The summed E-state index contributed by atoms with van der Waals surface area (Å²) < 4.78 is 8.56. The number of hydrogen-bond donors (Lipinski definition) is 0. The molecule has 0 atom stereocenters. The minimum absolute atomic E-state index is 0.0486. The van der Waals surface area contributed by atoms with Gasteiger partial charge in [0.15, 0.2) is 10.9 Å². The monoisotopic (exact) mass is 514 g/mol. The zero-order chi connectivity index (χ0) is 25.4. The number of nitrogens with zero attached hydrogens (tertiary/aromatic N) is 6. The molecule has 0 bridgehead atoms. The first-order chi connectivity index (χ1) is 18.1. The van der Waals surface area contributed by atoms with Gasteiger partial charge >= 0.3 is 0 Å². The molecular formula is C26H22N6O4S. The van der Waals surface area contributed by atoms with Crippen LogP contribution >= 0.6 is 11.8 Å². The number of aromatic nitrogens is 4. The van der Waals surface area contributed by atoms with Gasteiger partial charge in [-0.2, -0.15) is 0 Å². The number of carbonyl (C=O) groups excluding carboxylic acids is 2. The molecule has 1 aliphatic rings. The Hall–Kier alpha value is -4.38. The number of thioether (sulfide) groups is 1. The first-order valence-corrected chi connectivity index (χ1v) is 12.8. The van der Waals surface area contributed by atoms with E-state index in [1.807, 2.05) is 52.9 Å². The number of rotatable bonds is 5. The molecule has 5 aromatic rings. The van der Waals surface area contributed by atoms with E-state index in [2.05, 4.69) is 10.2 Å². The highest BCUT2D eigenvalue weighted by Crippen LogP contribution is 2.23. The van der Waals surface area contributed by atoms with Crippen molar-refractivity contribution in [2.24, 2.45) is 0 Å². The topological polar surface area (TPSA) is 106 Å². The summed E-state index contributed by atoms with van der Waals surface area (Å²) in [5.41, 5.74) is 1.18. The Morgan fingerprint density at radius 2 is 1.59 bits per heavy atom. The van der Waals surface area contributed by atoms with Crippen LogP contribution in [-0.4, -0.2) is 72.7 Å². The van der Waals surface area contributed by atoms with E-state index in [1.54, 1.807) is 28.0 Å². The van der Waals surface area contributed by atoms with Crippen molar-refractivity contribution < 1.29 is 14.0 Å². The van der Waals surface area contributed by atoms with Gasteiger partial charge in [-0.15, -0.1) is 10.2 Å². The van der Waals surface area contributed by atoms with Gasteiger partial charge in [-0.05, 0) is 36.4 Å². The maximum absolute atomic E-state index is 13.4. The fourth-order valence-electron chi connectivity index (χ4n) is 4.51. The van der Waals surface area contributed by atoms with Crippen LogP contribution in [0.3, 0.4) is 0 Å². The molecular weight excluding hydrogens is 492 g/mol. The van der Waals surface area contributed by atoms with Gasteiger partial charge in [0, 0.05) is 26.2 Å². The second-order valence-electron chi connectivity index (χ2n) is 8.55. The molecule has 0 spiro atoms. The highest BCUT2D eigenvalue weighted by molar-refractivity contribution is 7.99. The molecule has 0 unspecified atom stereocenters. The maximum atomic E-state index is 13.4. The van der Waals surface area contributed by atoms with Crippen LogP contribution in [0.2, 0.25) is 0 Å². The molecule has 1 aliphatic heterocycles. The van der Waals surface area contributed by atoms with Crippen LogP contribution in [0.1, 0.15) is 10.6 Å². The maximum Gasteiger partial charge on any atom is 0.289 e. The van der Waals surface area contributed by atoms with E-state index in [4.69, 9.17) is 4.42 Å². The molecule has 1 saturated heterocycles. The van der Waals surface area contributed by atoms with E-state index in [-0.39, 0.29) is 23.1 Å². The van der Waals surface area contributed by atoms with E-state index in [0.29, 0.717) is 59.5 Å². The molecule has 0 N–H and O–H groups in total. The zero-order valence-electron chi connectivity index (χ0n) is 19.7. The minimum atomic E-state index is -0.184. The molecule has 186 valence electrons. The SMILES string of the molecule is O=C(CSc1nnc2n(-c3ccccc3)c(=O)c3ccccc3n12)N1CCN(C(=O)c2ccco2)CC1. The van der Waals surface area contributed by atoms with Gasteiger partial charge in [-0.25, -0.2) is 4.57 Å². The first kappa shape index (κ1) is 23.0. The number of piperazine rings is 1. The van der Waals surface area contributed by atoms with E-state index < -0.39 is 0 Å². The average molecular weight is 515 g/mol. The van der Waals surface area contributed by atoms with Gasteiger partial charge < -0.3 is 14.2 Å². The molecule has 0 saturated carbocycles. The second-order valence-corrected chi connectivity index (χ2v) is 9.49. The van der Waals surface area contributed by atoms with Crippen molar-refractivity contribution in [2.45, 2.75) is 5.16 Å². The molecule has 6 rings (SSSR count). The predicted octanol–water partition coefficient (Wildman–Crippen LogP) is 2.70. The summed E-state index contributed by atoms with van der Waals surface area (Å²) in [6.45, 7) is 1.78. The molecule has 4 heterocycles. The van der Waals surface area contributed by atoms with Crippen molar-refractivity contribution >= 4 is 40.3 Å². The Kier molecular flexibility index (Phi) is 5.97. The summed E-state index contributed by atoms with van der Waals surface area (Å²) in [4.78, 5) is 42.3. The zero-order valence-corrected chi connectivity index (χ0v) is 20.5. The summed E-state index contributed by atoms with van der Waals surface area (Å²) >= 11 is 1.28. The molecule has 1 fully saturated rings. The lowest BCUT2D eigenvalue weighted by atomic mass is 10.2. The smallest absolute Gasteiger partial charge is 0.289 e. The molecule has 11 heteroatoms. The van der Waals surface area contributed by atoms with Crippen LogP contribution < -0.4 is 5.56 Å². The molecule has 37 heavy (non-hydrogen) atoms. The van der Waals surface area contributed by atoms with E-state index >= 15 is 0 Å². The van der Waals surface area contributed by atoms with Crippen molar-refractivity contribution in [3.8, 4) is 5.69 Å². The van der Waals surface area contributed by atoms with Crippen molar-refractivity contribution in [3.05, 3.63) is 89.1 Å². The highest BCUT2D eigenvalue weighted by Gasteiger charge is 2.26. The highest BCUT2D eigenvalue weighted by atomic mass is 32.2. The fourth-order valence-corrected chi connectivity index (χ4v) is 5.36.